The van der Waals surface area contributed by atoms with E-state index in [9.17, 15) is 10.1 Å². The summed E-state index contributed by atoms with van der Waals surface area (Å²) in [5, 5.41) is 9.36. The maximum Gasteiger partial charge on any atom is 0.264 e. The van der Waals surface area contributed by atoms with Crippen molar-refractivity contribution in [2.24, 2.45) is 0 Å². The molecule has 24 heavy (non-hydrogen) atoms. The van der Waals surface area contributed by atoms with Gasteiger partial charge in [-0.1, -0.05) is 24.8 Å². The van der Waals surface area contributed by atoms with Crippen molar-refractivity contribution >= 4 is 12.0 Å². The van der Waals surface area contributed by atoms with E-state index in [0.29, 0.717) is 25.4 Å². The molecule has 0 saturated carbocycles. The average Bonchev–Trinajstić information content (AvgIpc) is 2.57. The molecule has 1 heterocycles. The summed E-state index contributed by atoms with van der Waals surface area (Å²) < 4.78 is 11.0. The van der Waals surface area contributed by atoms with E-state index in [4.69, 9.17) is 9.47 Å². The van der Waals surface area contributed by atoms with Crippen molar-refractivity contribution in [3.63, 3.8) is 0 Å². The van der Waals surface area contributed by atoms with E-state index in [1.807, 2.05) is 32.0 Å². The summed E-state index contributed by atoms with van der Waals surface area (Å²) >= 11 is 0. The van der Waals surface area contributed by atoms with Crippen molar-refractivity contribution in [1.29, 1.82) is 5.26 Å². The van der Waals surface area contributed by atoms with Crippen molar-refractivity contribution in [1.82, 2.24) is 4.90 Å². The van der Waals surface area contributed by atoms with E-state index in [-0.39, 0.29) is 23.7 Å². The molecule has 1 aliphatic heterocycles. The van der Waals surface area contributed by atoms with Gasteiger partial charge in [0.15, 0.2) is 0 Å². The van der Waals surface area contributed by atoms with Crippen molar-refractivity contribution < 1.29 is 14.3 Å². The summed E-state index contributed by atoms with van der Waals surface area (Å²) in [7, 11) is 0. The zero-order valence-electron chi connectivity index (χ0n) is 14.1. The van der Waals surface area contributed by atoms with E-state index >= 15 is 0 Å². The van der Waals surface area contributed by atoms with Crippen molar-refractivity contribution in [3.8, 4) is 11.8 Å². The predicted molar refractivity (Wildman–Crippen MR) is 92.3 cm³/mol. The largest absolute Gasteiger partial charge is 0.490 e. The summed E-state index contributed by atoms with van der Waals surface area (Å²) in [5.74, 6) is 0.458. The van der Waals surface area contributed by atoms with Gasteiger partial charge in [-0.2, -0.15) is 5.26 Å². The molecule has 1 amide bonds. The quantitative estimate of drug-likeness (QED) is 0.474. The highest BCUT2D eigenvalue weighted by atomic mass is 16.5. The third kappa shape index (κ3) is 4.71. The van der Waals surface area contributed by atoms with Crippen LogP contribution in [-0.4, -0.2) is 42.7 Å². The lowest BCUT2D eigenvalue weighted by Crippen LogP contribution is -2.48. The Morgan fingerprint density at radius 2 is 2.00 bits per heavy atom. The van der Waals surface area contributed by atoms with Crippen LogP contribution in [0.15, 0.2) is 42.5 Å². The van der Waals surface area contributed by atoms with Crippen LogP contribution in [0.1, 0.15) is 19.4 Å². The van der Waals surface area contributed by atoms with Gasteiger partial charge < -0.3 is 14.4 Å². The van der Waals surface area contributed by atoms with Gasteiger partial charge in [0.25, 0.3) is 5.91 Å². The molecule has 5 nitrogen and oxygen atoms in total. The standard InChI is InChI=1S/C19H22N2O3/c1-4-9-23-18-7-5-16(6-8-18)10-17(11-20)19(22)21-12-14(2)24-15(3)13-21/h4-8,10,14-15H,1,9,12-13H2,2-3H3/b17-10+. The molecule has 1 aliphatic rings. The third-order valence-corrected chi connectivity index (χ3v) is 3.62. The molecule has 0 spiro atoms. The van der Waals surface area contributed by atoms with Crippen LogP contribution in [0.2, 0.25) is 0 Å². The number of hydrogen-bond acceptors (Lipinski definition) is 4. The molecule has 0 bridgehead atoms. The SMILES string of the molecule is C=CCOc1ccc(/C=C(\C#N)C(=O)N2CC(C)OC(C)C2)cc1. The number of nitrogens with zero attached hydrogens (tertiary/aromatic N) is 2. The minimum Gasteiger partial charge on any atom is -0.490 e. The second kappa shape index (κ2) is 8.32. The van der Waals surface area contributed by atoms with E-state index in [1.54, 1.807) is 29.2 Å². The molecular weight excluding hydrogens is 304 g/mol. The minimum atomic E-state index is -0.258. The Labute approximate surface area is 142 Å². The summed E-state index contributed by atoms with van der Waals surface area (Å²) in [4.78, 5) is 14.3. The monoisotopic (exact) mass is 326 g/mol. The van der Waals surface area contributed by atoms with Gasteiger partial charge >= 0.3 is 0 Å². The van der Waals surface area contributed by atoms with Crippen molar-refractivity contribution in [3.05, 3.63) is 48.1 Å². The molecule has 1 saturated heterocycles. The van der Waals surface area contributed by atoms with Crippen LogP contribution in [0.5, 0.6) is 5.75 Å². The van der Waals surface area contributed by atoms with Gasteiger partial charge in [0.05, 0.1) is 12.2 Å². The summed E-state index contributed by atoms with van der Waals surface area (Å²) in [6.45, 7) is 8.87. The smallest absolute Gasteiger partial charge is 0.264 e. The highest BCUT2D eigenvalue weighted by molar-refractivity contribution is 6.01. The lowest BCUT2D eigenvalue weighted by Gasteiger charge is -2.35. The first-order valence-corrected chi connectivity index (χ1v) is 7.93. The molecule has 1 aromatic carbocycles. The number of benzene rings is 1. The maximum atomic E-state index is 12.6. The van der Waals surface area contributed by atoms with Crippen LogP contribution >= 0.6 is 0 Å². The van der Waals surface area contributed by atoms with Crippen LogP contribution < -0.4 is 4.74 Å². The Bertz CT molecular complexity index is 648. The van der Waals surface area contributed by atoms with Crippen LogP contribution in [0.25, 0.3) is 6.08 Å². The minimum absolute atomic E-state index is 0.0288. The van der Waals surface area contributed by atoms with E-state index in [0.717, 1.165) is 5.56 Å². The Morgan fingerprint density at radius 3 is 2.54 bits per heavy atom. The lowest BCUT2D eigenvalue weighted by molar-refractivity contribution is -0.138. The van der Waals surface area contributed by atoms with Gasteiger partial charge in [0.2, 0.25) is 0 Å². The van der Waals surface area contributed by atoms with Gasteiger partial charge in [-0.25, -0.2) is 0 Å². The number of rotatable bonds is 5. The van der Waals surface area contributed by atoms with Crippen molar-refractivity contribution in [2.45, 2.75) is 26.1 Å². The molecule has 5 heteroatoms. The fourth-order valence-corrected chi connectivity index (χ4v) is 2.64. The number of hydrogen-bond donors (Lipinski definition) is 0. The van der Waals surface area contributed by atoms with E-state index in [2.05, 4.69) is 6.58 Å². The molecule has 1 aromatic rings. The van der Waals surface area contributed by atoms with Crippen LogP contribution in [0.4, 0.5) is 0 Å². The topological polar surface area (TPSA) is 62.6 Å². The first-order valence-electron chi connectivity index (χ1n) is 7.93. The van der Waals surface area contributed by atoms with Gasteiger partial charge in [-0.05, 0) is 37.6 Å². The molecular formula is C19H22N2O3. The molecule has 0 aromatic heterocycles. The Balaban J connectivity index is 2.12. The average molecular weight is 326 g/mol. The molecule has 0 N–H and O–H groups in total. The van der Waals surface area contributed by atoms with E-state index < -0.39 is 0 Å². The van der Waals surface area contributed by atoms with Gasteiger partial charge in [-0.15, -0.1) is 0 Å². The fourth-order valence-electron chi connectivity index (χ4n) is 2.64. The van der Waals surface area contributed by atoms with Gasteiger partial charge in [0, 0.05) is 13.1 Å². The summed E-state index contributed by atoms with van der Waals surface area (Å²) in [6.07, 6.45) is 3.22. The molecule has 0 radical (unpaired) electrons. The highest BCUT2D eigenvalue weighted by Crippen LogP contribution is 2.17. The number of nitriles is 1. The first kappa shape index (κ1) is 17.8. The number of amides is 1. The number of morpholine rings is 1. The van der Waals surface area contributed by atoms with Crippen molar-refractivity contribution in [2.75, 3.05) is 19.7 Å². The zero-order valence-corrected chi connectivity index (χ0v) is 14.1. The maximum absolute atomic E-state index is 12.6. The Hall–Kier alpha value is -2.58. The molecule has 0 aliphatic carbocycles. The zero-order chi connectivity index (χ0) is 17.5. The van der Waals surface area contributed by atoms with Gasteiger partial charge in [-0.3, -0.25) is 4.79 Å². The fraction of sp³-hybridized carbons (Fsp3) is 0.368. The molecule has 126 valence electrons. The van der Waals surface area contributed by atoms with Crippen LogP contribution in [0, 0.1) is 11.3 Å². The molecule has 2 atom stereocenters. The Kier molecular flexibility index (Phi) is 6.16. The third-order valence-electron chi connectivity index (χ3n) is 3.62. The molecule has 1 fully saturated rings. The van der Waals surface area contributed by atoms with Crippen LogP contribution in [-0.2, 0) is 9.53 Å². The summed E-state index contributed by atoms with van der Waals surface area (Å²) in [6, 6.07) is 9.24. The van der Waals surface area contributed by atoms with Gasteiger partial charge in [0.1, 0.15) is 24.0 Å². The van der Waals surface area contributed by atoms with E-state index in [1.165, 1.54) is 0 Å². The Morgan fingerprint density at radius 1 is 1.38 bits per heavy atom. The normalized spacial score (nSPS) is 21.0. The number of ether oxygens (including phenoxy) is 2. The summed E-state index contributed by atoms with van der Waals surface area (Å²) in [5.41, 5.74) is 0.899. The predicted octanol–water partition coefficient (Wildman–Crippen LogP) is 2.79. The number of carbonyl (C=O) groups excluding carboxylic acids is 1. The lowest BCUT2D eigenvalue weighted by atomic mass is 10.1. The highest BCUT2D eigenvalue weighted by Gasteiger charge is 2.27. The second-order valence-electron chi connectivity index (χ2n) is 5.81. The first-order chi connectivity index (χ1) is 11.5. The van der Waals surface area contributed by atoms with Crippen LogP contribution in [0.3, 0.4) is 0 Å². The second-order valence-corrected chi connectivity index (χ2v) is 5.81. The molecule has 2 unspecified atom stereocenters. The molecule has 2 rings (SSSR count). The number of carbonyl (C=O) groups is 1.